The van der Waals surface area contributed by atoms with E-state index < -0.39 is 53.5 Å². The lowest BCUT2D eigenvalue weighted by molar-refractivity contribution is -0.143. The lowest BCUT2D eigenvalue weighted by Crippen LogP contribution is -2.61. The molecule has 18 heteroatoms. The number of anilines is 1. The summed E-state index contributed by atoms with van der Waals surface area (Å²) in [6, 6.07) is 4.36. The van der Waals surface area contributed by atoms with Crippen LogP contribution in [0, 0.1) is 0 Å². The molecule has 1 aliphatic heterocycles. The molecule has 0 fully saturated rings. The summed E-state index contributed by atoms with van der Waals surface area (Å²) in [5.41, 5.74) is 2.69. The lowest BCUT2D eigenvalue weighted by atomic mass is 9.83. The number of fused-ring (bicyclic) bond motifs is 1. The van der Waals surface area contributed by atoms with Gasteiger partial charge in [-0.05, 0) is 61.9 Å². The van der Waals surface area contributed by atoms with Crippen LogP contribution < -0.4 is 20.1 Å². The number of alkyl halides is 6. The lowest BCUT2D eigenvalue weighted by Gasteiger charge is -2.46. The monoisotopic (exact) mass is 743 g/mol. The van der Waals surface area contributed by atoms with Crippen LogP contribution in [0.3, 0.4) is 0 Å². The van der Waals surface area contributed by atoms with Crippen molar-refractivity contribution in [1.82, 2.24) is 15.0 Å². The molecule has 1 aromatic carbocycles. The van der Waals surface area contributed by atoms with E-state index in [1.807, 2.05) is 0 Å². The van der Waals surface area contributed by atoms with Crippen LogP contribution in [0.15, 0.2) is 36.5 Å². The molecular formula is C34H39F6N5O7. The summed E-state index contributed by atoms with van der Waals surface area (Å²) in [6.07, 6.45) is -8.60. The normalized spacial score (nSPS) is 17.4. The Bertz CT molecular complexity index is 1690. The maximum atomic E-state index is 13.7. The summed E-state index contributed by atoms with van der Waals surface area (Å²) in [6.45, 7) is 1.84. The molecule has 12 nitrogen and oxygen atoms in total. The van der Waals surface area contributed by atoms with E-state index in [2.05, 4.69) is 15.0 Å². The zero-order valence-electron chi connectivity index (χ0n) is 28.6. The SMILES string of the molecule is CC[C@]1(N)C[C@H](c2ncc(OCCOC)c(Cc3cc(C(F)(F)F)cc(C(F)(F)F)c3)n2)c2nc(OC)ccc2N1C(=O)OCCCCCC(=O)O. The fourth-order valence-electron chi connectivity index (χ4n) is 5.75. The Hall–Kier alpha value is -4.71. The fraction of sp³-hybridized carbons (Fsp3) is 0.500. The van der Waals surface area contributed by atoms with E-state index in [9.17, 15) is 35.9 Å². The molecule has 0 saturated carbocycles. The predicted molar refractivity (Wildman–Crippen MR) is 173 cm³/mol. The quantitative estimate of drug-likeness (QED) is 0.126. The van der Waals surface area contributed by atoms with E-state index in [-0.39, 0.29) is 85.2 Å². The van der Waals surface area contributed by atoms with Crippen LogP contribution in [0.4, 0.5) is 36.8 Å². The third-order valence-electron chi connectivity index (χ3n) is 8.44. The summed E-state index contributed by atoms with van der Waals surface area (Å²) in [7, 11) is 2.80. The smallest absolute Gasteiger partial charge is 0.416 e. The molecule has 0 aliphatic carbocycles. The Balaban J connectivity index is 1.77. The summed E-state index contributed by atoms with van der Waals surface area (Å²) in [5, 5.41) is 8.84. The molecule has 1 amide bonds. The Labute approximate surface area is 295 Å². The van der Waals surface area contributed by atoms with Crippen molar-refractivity contribution in [2.24, 2.45) is 5.73 Å². The van der Waals surface area contributed by atoms with E-state index in [0.29, 0.717) is 31.4 Å². The number of aromatic nitrogens is 3. The number of carbonyl (C=O) groups is 2. The van der Waals surface area contributed by atoms with Gasteiger partial charge in [-0.2, -0.15) is 26.3 Å². The van der Waals surface area contributed by atoms with E-state index in [1.165, 1.54) is 31.4 Å². The summed E-state index contributed by atoms with van der Waals surface area (Å²) in [5.74, 6) is -1.53. The van der Waals surface area contributed by atoms with Gasteiger partial charge < -0.3 is 29.8 Å². The number of pyridine rings is 1. The third kappa shape index (κ3) is 9.78. The Kier molecular flexibility index (Phi) is 12.9. The zero-order valence-corrected chi connectivity index (χ0v) is 28.6. The number of methoxy groups -OCH3 is 2. The number of aliphatic carboxylic acids is 1. The fourth-order valence-corrected chi connectivity index (χ4v) is 5.75. The van der Waals surface area contributed by atoms with Crippen LogP contribution in [0.25, 0.3) is 0 Å². The van der Waals surface area contributed by atoms with Gasteiger partial charge in [0.05, 0.1) is 60.6 Å². The number of nitrogens with zero attached hydrogens (tertiary/aromatic N) is 4. The molecular weight excluding hydrogens is 704 g/mol. The minimum Gasteiger partial charge on any atom is -0.488 e. The first-order chi connectivity index (χ1) is 24.5. The van der Waals surface area contributed by atoms with Crippen molar-refractivity contribution in [3.05, 3.63) is 70.4 Å². The number of halogens is 6. The number of hydrogen-bond acceptors (Lipinski definition) is 10. The maximum absolute atomic E-state index is 13.7. The number of ether oxygens (including phenoxy) is 4. The number of unbranched alkanes of at least 4 members (excludes halogenated alkanes) is 2. The van der Waals surface area contributed by atoms with Crippen molar-refractivity contribution in [3.63, 3.8) is 0 Å². The van der Waals surface area contributed by atoms with E-state index in [1.54, 1.807) is 13.0 Å². The molecule has 0 saturated heterocycles. The van der Waals surface area contributed by atoms with E-state index in [0.717, 1.165) is 0 Å². The summed E-state index contributed by atoms with van der Waals surface area (Å²) < 4.78 is 104. The van der Waals surface area contributed by atoms with Crippen LogP contribution in [-0.4, -0.2) is 71.8 Å². The van der Waals surface area contributed by atoms with Crippen molar-refractivity contribution in [1.29, 1.82) is 0 Å². The van der Waals surface area contributed by atoms with Crippen molar-refractivity contribution >= 4 is 17.7 Å². The average molecular weight is 744 g/mol. The highest BCUT2D eigenvalue weighted by Crippen LogP contribution is 2.46. The molecule has 0 spiro atoms. The third-order valence-corrected chi connectivity index (χ3v) is 8.44. The van der Waals surface area contributed by atoms with Gasteiger partial charge in [0, 0.05) is 26.0 Å². The predicted octanol–water partition coefficient (Wildman–Crippen LogP) is 6.72. The minimum absolute atomic E-state index is 0.000309. The number of hydrogen-bond donors (Lipinski definition) is 2. The molecule has 3 heterocycles. The topological polar surface area (TPSA) is 159 Å². The zero-order chi connectivity index (χ0) is 38.3. The Morgan fingerprint density at radius 1 is 0.981 bits per heavy atom. The van der Waals surface area contributed by atoms with Gasteiger partial charge in [-0.3, -0.25) is 9.69 Å². The molecule has 1 aliphatic rings. The molecule has 2 aromatic heterocycles. The largest absolute Gasteiger partial charge is 0.488 e. The number of carboxylic acids is 1. The molecule has 2 atom stereocenters. The van der Waals surface area contributed by atoms with Crippen LogP contribution in [0.2, 0.25) is 0 Å². The highest BCUT2D eigenvalue weighted by atomic mass is 19.4. The maximum Gasteiger partial charge on any atom is 0.416 e. The molecule has 0 unspecified atom stereocenters. The summed E-state index contributed by atoms with van der Waals surface area (Å²) >= 11 is 0. The summed E-state index contributed by atoms with van der Waals surface area (Å²) in [4.78, 5) is 39.3. The second kappa shape index (κ2) is 16.8. The van der Waals surface area contributed by atoms with Gasteiger partial charge >= 0.3 is 24.4 Å². The van der Waals surface area contributed by atoms with E-state index in [4.69, 9.17) is 29.8 Å². The number of amides is 1. The number of nitrogens with two attached hydrogens (primary N) is 1. The number of benzene rings is 1. The second-order valence-corrected chi connectivity index (χ2v) is 12.1. The first-order valence-electron chi connectivity index (χ1n) is 16.3. The molecule has 3 aromatic rings. The van der Waals surface area contributed by atoms with Gasteiger partial charge in [-0.1, -0.05) is 6.92 Å². The number of carboxylic acid groups (broad SMARTS) is 1. The van der Waals surface area contributed by atoms with Crippen molar-refractivity contribution in [3.8, 4) is 11.6 Å². The molecule has 52 heavy (non-hydrogen) atoms. The van der Waals surface area contributed by atoms with E-state index >= 15 is 0 Å². The standard InChI is InChI=1S/C34H39F6N5O7/c1-4-32(41)18-23(29-25(9-10-27(44-29)50-3)45(32)31(48)52-11-7-5-6-8-28(46)47)30-42-19-26(51-13-12-49-2)24(43-30)16-20-14-21(33(35,36)37)17-22(15-20)34(38,39)40/h9-10,14-15,17,19,23H,4-8,11-13,16,18,41H2,1-3H3,(H,46,47)/t23-,32+/m0/s1. The number of carbonyl (C=O) groups excluding carboxylic acids is 1. The van der Waals surface area contributed by atoms with Crippen molar-refractivity contribution in [2.45, 2.75) is 75.8 Å². The van der Waals surface area contributed by atoms with Crippen molar-refractivity contribution < 1.29 is 60.0 Å². The Morgan fingerprint density at radius 2 is 1.67 bits per heavy atom. The first kappa shape index (κ1) is 40.1. The van der Waals surface area contributed by atoms with Gasteiger partial charge in [0.15, 0.2) is 5.75 Å². The van der Waals surface area contributed by atoms with Gasteiger partial charge in [0.1, 0.15) is 18.1 Å². The highest BCUT2D eigenvalue weighted by molar-refractivity contribution is 5.91. The first-order valence-corrected chi connectivity index (χ1v) is 16.3. The van der Waals surface area contributed by atoms with Crippen LogP contribution >= 0.6 is 0 Å². The molecule has 4 rings (SSSR count). The van der Waals surface area contributed by atoms with Crippen LogP contribution in [0.1, 0.15) is 85.3 Å². The molecule has 3 N–H and O–H groups in total. The Morgan fingerprint density at radius 3 is 2.27 bits per heavy atom. The van der Waals surface area contributed by atoms with Crippen molar-refractivity contribution in [2.75, 3.05) is 38.9 Å². The number of rotatable bonds is 15. The average Bonchev–Trinajstić information content (AvgIpc) is 3.08. The van der Waals surface area contributed by atoms with Gasteiger partial charge in [0.2, 0.25) is 5.88 Å². The minimum atomic E-state index is -5.06. The molecule has 284 valence electrons. The second-order valence-electron chi connectivity index (χ2n) is 12.1. The van der Waals surface area contributed by atoms with Gasteiger partial charge in [-0.15, -0.1) is 0 Å². The van der Waals surface area contributed by atoms with Gasteiger partial charge in [0.25, 0.3) is 0 Å². The molecule has 0 bridgehead atoms. The van der Waals surface area contributed by atoms with Crippen LogP contribution in [0.5, 0.6) is 11.6 Å². The highest BCUT2D eigenvalue weighted by Gasteiger charge is 2.47. The van der Waals surface area contributed by atoms with Crippen LogP contribution in [-0.2, 0) is 33.0 Å². The van der Waals surface area contributed by atoms with Gasteiger partial charge in [-0.25, -0.2) is 19.7 Å². The molecule has 0 radical (unpaired) electrons.